The van der Waals surface area contributed by atoms with Gasteiger partial charge in [-0.15, -0.1) is 0 Å². The van der Waals surface area contributed by atoms with Crippen LogP contribution in [-0.2, 0) is 0 Å². The number of aliphatic hydroxyl groups excluding tert-OH is 1. The van der Waals surface area contributed by atoms with E-state index in [0.717, 1.165) is 12.8 Å². The second-order valence-corrected chi connectivity index (χ2v) is 2.98. The summed E-state index contributed by atoms with van der Waals surface area (Å²) in [5.41, 5.74) is 5.69. The first kappa shape index (κ1) is 7.03. The molecule has 9 heavy (non-hydrogen) atoms. The first-order valence-corrected chi connectivity index (χ1v) is 3.69. The summed E-state index contributed by atoms with van der Waals surface area (Å²) < 4.78 is 0. The molecule has 0 aromatic carbocycles. The molecule has 2 atom stereocenters. The maximum atomic E-state index is 8.75. The minimum atomic E-state index is 0.327. The van der Waals surface area contributed by atoms with E-state index in [-0.39, 0.29) is 0 Å². The third-order valence-electron chi connectivity index (χ3n) is 2.08. The zero-order valence-corrected chi connectivity index (χ0v) is 5.71. The predicted molar refractivity (Wildman–Crippen MR) is 37.0 cm³/mol. The topological polar surface area (TPSA) is 46.2 Å². The van der Waals surface area contributed by atoms with E-state index in [1.807, 2.05) is 0 Å². The van der Waals surface area contributed by atoms with Crippen molar-refractivity contribution in [3.63, 3.8) is 0 Å². The smallest absolute Gasteiger partial charge is 0.0459 e. The Bertz CT molecular complexity index is 85.0. The molecule has 2 heteroatoms. The van der Waals surface area contributed by atoms with Crippen molar-refractivity contribution in [2.75, 3.05) is 6.61 Å². The van der Waals surface area contributed by atoms with E-state index < -0.39 is 0 Å². The standard InChI is InChI=1S/C7H15NO/c8-7-3-1-2-6(4-7)5-9/h6-7,9H,1-5,8H2/t6-,7-/m1/s1. The van der Waals surface area contributed by atoms with Crippen LogP contribution in [0.4, 0.5) is 0 Å². The molecule has 1 saturated carbocycles. The molecule has 1 aliphatic carbocycles. The quantitative estimate of drug-likeness (QED) is 0.541. The van der Waals surface area contributed by atoms with Gasteiger partial charge in [0.1, 0.15) is 0 Å². The maximum Gasteiger partial charge on any atom is 0.0459 e. The highest BCUT2D eigenvalue weighted by Gasteiger charge is 2.17. The Hall–Kier alpha value is -0.0800. The fraction of sp³-hybridized carbons (Fsp3) is 1.00. The molecule has 0 radical (unpaired) electrons. The second kappa shape index (κ2) is 3.18. The van der Waals surface area contributed by atoms with Gasteiger partial charge < -0.3 is 10.8 Å². The molecule has 1 aliphatic rings. The third kappa shape index (κ3) is 1.95. The Labute approximate surface area is 56.1 Å². The fourth-order valence-electron chi connectivity index (χ4n) is 1.50. The van der Waals surface area contributed by atoms with E-state index in [9.17, 15) is 0 Å². The SMILES string of the molecule is N[C@@H]1CCC[C@@H](CO)C1. The lowest BCUT2D eigenvalue weighted by Gasteiger charge is -2.24. The molecule has 54 valence electrons. The number of aliphatic hydroxyl groups is 1. The van der Waals surface area contributed by atoms with Gasteiger partial charge in [-0.05, 0) is 25.2 Å². The van der Waals surface area contributed by atoms with E-state index in [1.165, 1.54) is 12.8 Å². The summed E-state index contributed by atoms with van der Waals surface area (Å²) in [4.78, 5) is 0. The zero-order valence-electron chi connectivity index (χ0n) is 5.71. The lowest BCUT2D eigenvalue weighted by Crippen LogP contribution is -2.29. The van der Waals surface area contributed by atoms with Crippen LogP contribution in [0.25, 0.3) is 0 Å². The van der Waals surface area contributed by atoms with Crippen LogP contribution in [0.3, 0.4) is 0 Å². The molecule has 0 aromatic rings. The molecule has 1 fully saturated rings. The van der Waals surface area contributed by atoms with Crippen LogP contribution in [-0.4, -0.2) is 17.8 Å². The molecule has 0 saturated heterocycles. The summed E-state index contributed by atoms with van der Waals surface area (Å²) in [7, 11) is 0. The van der Waals surface area contributed by atoms with Crippen molar-refractivity contribution in [3.05, 3.63) is 0 Å². The predicted octanol–water partition coefficient (Wildman–Crippen LogP) is 0.496. The third-order valence-corrected chi connectivity index (χ3v) is 2.08. The number of rotatable bonds is 1. The summed E-state index contributed by atoms with van der Waals surface area (Å²) >= 11 is 0. The largest absolute Gasteiger partial charge is 0.396 e. The Balaban J connectivity index is 2.23. The molecule has 0 bridgehead atoms. The Morgan fingerprint density at radius 1 is 1.44 bits per heavy atom. The van der Waals surface area contributed by atoms with Gasteiger partial charge in [0.25, 0.3) is 0 Å². The van der Waals surface area contributed by atoms with Gasteiger partial charge in [0.15, 0.2) is 0 Å². The van der Waals surface area contributed by atoms with Gasteiger partial charge in [0.2, 0.25) is 0 Å². The first-order chi connectivity index (χ1) is 4.33. The van der Waals surface area contributed by atoms with Gasteiger partial charge in [-0.3, -0.25) is 0 Å². The zero-order chi connectivity index (χ0) is 6.69. The summed E-state index contributed by atoms with van der Waals surface area (Å²) in [5, 5.41) is 8.75. The van der Waals surface area contributed by atoms with E-state index in [2.05, 4.69) is 0 Å². The lowest BCUT2D eigenvalue weighted by molar-refractivity contribution is 0.180. The van der Waals surface area contributed by atoms with E-state index >= 15 is 0 Å². The van der Waals surface area contributed by atoms with Crippen LogP contribution in [0.5, 0.6) is 0 Å². The Kier molecular flexibility index (Phi) is 2.49. The van der Waals surface area contributed by atoms with Crippen LogP contribution >= 0.6 is 0 Å². The van der Waals surface area contributed by atoms with Crippen molar-refractivity contribution in [3.8, 4) is 0 Å². The van der Waals surface area contributed by atoms with Crippen molar-refractivity contribution in [2.24, 2.45) is 11.7 Å². The minimum Gasteiger partial charge on any atom is -0.396 e. The number of nitrogens with two attached hydrogens (primary N) is 1. The van der Waals surface area contributed by atoms with Crippen LogP contribution in [0.15, 0.2) is 0 Å². The molecular weight excluding hydrogens is 114 g/mol. The van der Waals surface area contributed by atoms with Crippen molar-refractivity contribution < 1.29 is 5.11 Å². The van der Waals surface area contributed by atoms with Gasteiger partial charge in [-0.1, -0.05) is 6.42 Å². The summed E-state index contributed by atoms with van der Waals surface area (Å²) in [6, 6.07) is 0.357. The van der Waals surface area contributed by atoms with Crippen LogP contribution in [0, 0.1) is 5.92 Å². The van der Waals surface area contributed by atoms with Gasteiger partial charge in [0.05, 0.1) is 0 Å². The van der Waals surface area contributed by atoms with Gasteiger partial charge >= 0.3 is 0 Å². The summed E-state index contributed by atoms with van der Waals surface area (Å²) in [6.45, 7) is 0.327. The van der Waals surface area contributed by atoms with Crippen molar-refractivity contribution in [2.45, 2.75) is 31.7 Å². The summed E-state index contributed by atoms with van der Waals surface area (Å²) in [6.07, 6.45) is 4.55. The first-order valence-electron chi connectivity index (χ1n) is 3.69. The monoisotopic (exact) mass is 129 g/mol. The second-order valence-electron chi connectivity index (χ2n) is 2.98. The van der Waals surface area contributed by atoms with Crippen LogP contribution in [0.2, 0.25) is 0 Å². The highest BCUT2D eigenvalue weighted by molar-refractivity contribution is 4.73. The van der Waals surface area contributed by atoms with Gasteiger partial charge in [-0.2, -0.15) is 0 Å². The molecule has 0 amide bonds. The van der Waals surface area contributed by atoms with Gasteiger partial charge in [-0.25, -0.2) is 0 Å². The highest BCUT2D eigenvalue weighted by Crippen LogP contribution is 2.21. The normalized spacial score (nSPS) is 36.7. The molecule has 2 nitrogen and oxygen atoms in total. The molecule has 0 heterocycles. The minimum absolute atomic E-state index is 0.327. The highest BCUT2D eigenvalue weighted by atomic mass is 16.3. The maximum absolute atomic E-state index is 8.75. The van der Waals surface area contributed by atoms with E-state index in [4.69, 9.17) is 10.8 Å². The molecule has 0 aromatic heterocycles. The molecule has 0 aliphatic heterocycles. The average Bonchev–Trinajstić information content (AvgIpc) is 1.88. The average molecular weight is 129 g/mol. The molecule has 3 N–H and O–H groups in total. The molecule has 0 spiro atoms. The van der Waals surface area contributed by atoms with Crippen LogP contribution in [0.1, 0.15) is 25.7 Å². The van der Waals surface area contributed by atoms with Crippen molar-refractivity contribution in [1.29, 1.82) is 0 Å². The fourth-order valence-corrected chi connectivity index (χ4v) is 1.50. The van der Waals surface area contributed by atoms with E-state index in [1.54, 1.807) is 0 Å². The summed E-state index contributed by atoms with van der Waals surface area (Å²) in [5.74, 6) is 0.494. The van der Waals surface area contributed by atoms with Gasteiger partial charge in [0, 0.05) is 12.6 Å². The number of hydrogen-bond acceptors (Lipinski definition) is 2. The molecule has 0 unspecified atom stereocenters. The number of hydrogen-bond donors (Lipinski definition) is 2. The van der Waals surface area contributed by atoms with Crippen LogP contribution < -0.4 is 5.73 Å². The van der Waals surface area contributed by atoms with Crippen molar-refractivity contribution in [1.82, 2.24) is 0 Å². The Morgan fingerprint density at radius 2 is 2.22 bits per heavy atom. The van der Waals surface area contributed by atoms with Crippen molar-refractivity contribution >= 4 is 0 Å². The Morgan fingerprint density at radius 3 is 2.67 bits per heavy atom. The molecule has 1 rings (SSSR count). The molecular formula is C7H15NO. The lowest BCUT2D eigenvalue weighted by atomic mass is 9.87. The van der Waals surface area contributed by atoms with E-state index in [0.29, 0.717) is 18.6 Å².